The number of rotatable bonds is 7. The minimum Gasteiger partial charge on any atom is -0.374 e. The molecule has 1 aliphatic heterocycles. The number of amides is 1. The van der Waals surface area contributed by atoms with Gasteiger partial charge in [0.1, 0.15) is 5.82 Å². The molecule has 0 unspecified atom stereocenters. The Morgan fingerprint density at radius 3 is 2.87 bits per heavy atom. The van der Waals surface area contributed by atoms with Crippen molar-refractivity contribution in [2.75, 3.05) is 39.8 Å². The first kappa shape index (κ1) is 17.8. The van der Waals surface area contributed by atoms with Gasteiger partial charge in [-0.25, -0.2) is 4.39 Å². The van der Waals surface area contributed by atoms with E-state index in [0.29, 0.717) is 19.5 Å². The first-order valence-corrected chi connectivity index (χ1v) is 8.10. The second kappa shape index (κ2) is 8.96. The van der Waals surface area contributed by atoms with Crippen LogP contribution in [0.2, 0.25) is 0 Å². The molecule has 2 N–H and O–H groups in total. The van der Waals surface area contributed by atoms with Crippen LogP contribution in [0.25, 0.3) is 0 Å². The van der Waals surface area contributed by atoms with Gasteiger partial charge in [-0.15, -0.1) is 0 Å². The van der Waals surface area contributed by atoms with E-state index in [0.717, 1.165) is 25.3 Å². The second-order valence-corrected chi connectivity index (χ2v) is 6.05. The number of likely N-dealkylation sites (N-methyl/N-ethyl adjacent to an activating group) is 1. The SMILES string of the molecule is C[C@H](NC[C@H]1CN(C)CCO1)C(=O)NCCc1ccc(F)cc1. The molecular weight excluding hydrogens is 297 g/mol. The van der Waals surface area contributed by atoms with Crippen molar-refractivity contribution in [1.29, 1.82) is 0 Å². The number of hydrogen-bond donors (Lipinski definition) is 2. The van der Waals surface area contributed by atoms with Crippen LogP contribution in [0.3, 0.4) is 0 Å². The highest BCUT2D eigenvalue weighted by atomic mass is 19.1. The summed E-state index contributed by atoms with van der Waals surface area (Å²) in [7, 11) is 2.07. The summed E-state index contributed by atoms with van der Waals surface area (Å²) in [6.07, 6.45) is 0.818. The number of ether oxygens (including phenoxy) is 1. The third-order valence-corrected chi connectivity index (χ3v) is 4.01. The fourth-order valence-electron chi connectivity index (χ4n) is 2.53. The third-order valence-electron chi connectivity index (χ3n) is 4.01. The highest BCUT2D eigenvalue weighted by Crippen LogP contribution is 2.03. The molecule has 0 spiro atoms. The third kappa shape index (κ3) is 6.25. The molecular formula is C17H26FN3O2. The van der Waals surface area contributed by atoms with E-state index in [1.165, 1.54) is 12.1 Å². The van der Waals surface area contributed by atoms with Crippen molar-refractivity contribution in [2.24, 2.45) is 0 Å². The summed E-state index contributed by atoms with van der Waals surface area (Å²) < 4.78 is 18.5. The molecule has 128 valence electrons. The Morgan fingerprint density at radius 2 is 2.17 bits per heavy atom. The van der Waals surface area contributed by atoms with Gasteiger partial charge in [0, 0.05) is 26.2 Å². The zero-order valence-electron chi connectivity index (χ0n) is 13.8. The number of hydrogen-bond acceptors (Lipinski definition) is 4. The highest BCUT2D eigenvalue weighted by molar-refractivity contribution is 5.81. The number of nitrogens with zero attached hydrogens (tertiary/aromatic N) is 1. The van der Waals surface area contributed by atoms with Gasteiger partial charge in [0.05, 0.1) is 18.8 Å². The van der Waals surface area contributed by atoms with Gasteiger partial charge in [-0.1, -0.05) is 12.1 Å². The summed E-state index contributed by atoms with van der Waals surface area (Å²) in [5, 5.41) is 6.11. The average Bonchev–Trinajstić information content (AvgIpc) is 2.54. The summed E-state index contributed by atoms with van der Waals surface area (Å²) in [6.45, 7) is 5.62. The van der Waals surface area contributed by atoms with E-state index in [1.807, 2.05) is 6.92 Å². The molecule has 0 bridgehead atoms. The topological polar surface area (TPSA) is 53.6 Å². The van der Waals surface area contributed by atoms with Gasteiger partial charge in [0.15, 0.2) is 0 Å². The van der Waals surface area contributed by atoms with Crippen LogP contribution in [0.4, 0.5) is 4.39 Å². The van der Waals surface area contributed by atoms with Crippen LogP contribution in [0.5, 0.6) is 0 Å². The zero-order valence-corrected chi connectivity index (χ0v) is 13.8. The van der Waals surface area contributed by atoms with Gasteiger partial charge < -0.3 is 20.3 Å². The standard InChI is InChI=1S/C17H26FN3O2/c1-13(20-11-16-12-21(2)9-10-23-16)17(22)19-8-7-14-3-5-15(18)6-4-14/h3-6,13,16,20H,7-12H2,1-2H3,(H,19,22)/t13-,16-/m0/s1. The largest absolute Gasteiger partial charge is 0.374 e. The van der Waals surface area contributed by atoms with Crippen LogP contribution in [0.15, 0.2) is 24.3 Å². The van der Waals surface area contributed by atoms with E-state index in [2.05, 4.69) is 22.6 Å². The normalized spacial score (nSPS) is 20.2. The van der Waals surface area contributed by atoms with Gasteiger partial charge in [-0.05, 0) is 38.1 Å². The lowest BCUT2D eigenvalue weighted by atomic mass is 10.1. The van der Waals surface area contributed by atoms with Crippen molar-refractivity contribution in [1.82, 2.24) is 15.5 Å². The van der Waals surface area contributed by atoms with Crippen LogP contribution in [-0.2, 0) is 16.0 Å². The lowest BCUT2D eigenvalue weighted by Gasteiger charge is -2.30. The minimum atomic E-state index is -0.265. The average molecular weight is 323 g/mol. The molecule has 0 saturated carbocycles. The van der Waals surface area contributed by atoms with Gasteiger partial charge in [-0.3, -0.25) is 4.79 Å². The van der Waals surface area contributed by atoms with Crippen LogP contribution in [0, 0.1) is 5.82 Å². The second-order valence-electron chi connectivity index (χ2n) is 6.05. The number of morpholine rings is 1. The van der Waals surface area contributed by atoms with E-state index in [9.17, 15) is 9.18 Å². The number of halogens is 1. The first-order valence-electron chi connectivity index (χ1n) is 8.10. The zero-order chi connectivity index (χ0) is 16.7. The molecule has 1 aliphatic rings. The number of carbonyl (C=O) groups excluding carboxylic acids is 1. The minimum absolute atomic E-state index is 0.0312. The Kier molecular flexibility index (Phi) is 6.95. The summed E-state index contributed by atoms with van der Waals surface area (Å²) in [6, 6.07) is 6.07. The van der Waals surface area contributed by atoms with E-state index in [-0.39, 0.29) is 23.9 Å². The van der Waals surface area contributed by atoms with Crippen molar-refractivity contribution in [2.45, 2.75) is 25.5 Å². The van der Waals surface area contributed by atoms with E-state index >= 15 is 0 Å². The summed E-state index contributed by atoms with van der Waals surface area (Å²) in [5.74, 6) is -0.275. The summed E-state index contributed by atoms with van der Waals surface area (Å²) in [5.41, 5.74) is 1.01. The maximum absolute atomic E-state index is 12.8. The Labute approximate surface area is 137 Å². The van der Waals surface area contributed by atoms with Crippen LogP contribution < -0.4 is 10.6 Å². The van der Waals surface area contributed by atoms with Crippen molar-refractivity contribution in [3.05, 3.63) is 35.6 Å². The monoisotopic (exact) mass is 323 g/mol. The predicted molar refractivity (Wildman–Crippen MR) is 87.8 cm³/mol. The Morgan fingerprint density at radius 1 is 1.43 bits per heavy atom. The molecule has 2 atom stereocenters. The van der Waals surface area contributed by atoms with Crippen molar-refractivity contribution in [3.8, 4) is 0 Å². The van der Waals surface area contributed by atoms with E-state index in [1.54, 1.807) is 12.1 Å². The maximum Gasteiger partial charge on any atom is 0.236 e. The van der Waals surface area contributed by atoms with Gasteiger partial charge in [-0.2, -0.15) is 0 Å². The molecule has 23 heavy (non-hydrogen) atoms. The van der Waals surface area contributed by atoms with Crippen LogP contribution >= 0.6 is 0 Å². The fraction of sp³-hybridized carbons (Fsp3) is 0.588. The van der Waals surface area contributed by atoms with Crippen LogP contribution in [-0.4, -0.2) is 62.8 Å². The van der Waals surface area contributed by atoms with Gasteiger partial charge in [0.25, 0.3) is 0 Å². The van der Waals surface area contributed by atoms with Crippen molar-refractivity contribution in [3.63, 3.8) is 0 Å². The lowest BCUT2D eigenvalue weighted by molar-refractivity contribution is -0.122. The first-order chi connectivity index (χ1) is 11.0. The molecule has 1 aromatic rings. The van der Waals surface area contributed by atoms with Crippen molar-refractivity contribution < 1.29 is 13.9 Å². The van der Waals surface area contributed by atoms with Crippen LogP contribution in [0.1, 0.15) is 12.5 Å². The Balaban J connectivity index is 1.63. The smallest absolute Gasteiger partial charge is 0.236 e. The molecule has 5 nitrogen and oxygen atoms in total. The summed E-state index contributed by atoms with van der Waals surface area (Å²) >= 11 is 0. The molecule has 1 aromatic carbocycles. The molecule has 6 heteroatoms. The predicted octanol–water partition coefficient (Wildman–Crippen LogP) is 0.793. The van der Waals surface area contributed by atoms with Crippen molar-refractivity contribution >= 4 is 5.91 Å². The van der Waals surface area contributed by atoms with E-state index < -0.39 is 0 Å². The molecule has 1 saturated heterocycles. The molecule has 1 amide bonds. The molecule has 0 radical (unpaired) electrons. The lowest BCUT2D eigenvalue weighted by Crippen LogP contribution is -2.49. The maximum atomic E-state index is 12.8. The highest BCUT2D eigenvalue weighted by Gasteiger charge is 2.19. The number of benzene rings is 1. The quantitative estimate of drug-likeness (QED) is 0.779. The molecule has 0 aromatic heterocycles. The molecule has 1 heterocycles. The van der Waals surface area contributed by atoms with Gasteiger partial charge >= 0.3 is 0 Å². The fourth-order valence-corrected chi connectivity index (χ4v) is 2.53. The Bertz CT molecular complexity index is 495. The molecule has 2 rings (SSSR count). The molecule has 1 fully saturated rings. The number of carbonyl (C=O) groups is 1. The van der Waals surface area contributed by atoms with Gasteiger partial charge in [0.2, 0.25) is 5.91 Å². The number of nitrogens with one attached hydrogen (secondary N) is 2. The van der Waals surface area contributed by atoms with E-state index in [4.69, 9.17) is 4.74 Å². The Hall–Kier alpha value is -1.50. The summed E-state index contributed by atoms with van der Waals surface area (Å²) in [4.78, 5) is 14.3. The molecule has 0 aliphatic carbocycles.